The fourth-order valence-electron chi connectivity index (χ4n) is 4.75. The topological polar surface area (TPSA) is 43.9 Å². The van der Waals surface area contributed by atoms with E-state index in [1.165, 1.54) is 0 Å². The van der Waals surface area contributed by atoms with Gasteiger partial charge in [-0.15, -0.1) is 0 Å². The molecule has 0 atom stereocenters. The number of hydrogen-bond acceptors (Lipinski definition) is 3. The predicted molar refractivity (Wildman–Crippen MR) is 137 cm³/mol. The fourth-order valence-corrected chi connectivity index (χ4v) is 4.75. The van der Waals surface area contributed by atoms with Crippen LogP contribution in [0, 0.1) is 0 Å². The molecule has 4 aromatic carbocycles. The molecule has 160 valence electrons. The Balaban J connectivity index is 1.59. The molecule has 0 aliphatic heterocycles. The van der Waals surface area contributed by atoms with Crippen molar-refractivity contribution in [1.29, 1.82) is 0 Å². The Bertz CT molecular complexity index is 1740. The van der Waals surface area contributed by atoms with E-state index in [1.54, 1.807) is 6.26 Å². The van der Waals surface area contributed by atoms with Crippen molar-refractivity contribution in [1.82, 2.24) is 14.5 Å². The van der Waals surface area contributed by atoms with Gasteiger partial charge >= 0.3 is 0 Å². The minimum Gasteiger partial charge on any atom is -0.464 e. The first kappa shape index (κ1) is 18.8. The van der Waals surface area contributed by atoms with Crippen molar-refractivity contribution in [3.05, 3.63) is 115 Å². The summed E-state index contributed by atoms with van der Waals surface area (Å²) in [7, 11) is 0. The number of aromatic nitrogens is 3. The summed E-state index contributed by atoms with van der Waals surface area (Å²) in [6.45, 7) is 0. The molecule has 0 aliphatic rings. The van der Waals surface area contributed by atoms with Crippen LogP contribution in [0.15, 0.2) is 120 Å². The van der Waals surface area contributed by atoms with Crippen molar-refractivity contribution >= 4 is 32.8 Å². The van der Waals surface area contributed by atoms with Gasteiger partial charge < -0.3 is 4.42 Å². The number of benzene rings is 4. The summed E-state index contributed by atoms with van der Waals surface area (Å²) >= 11 is 0. The maximum atomic E-state index is 5.93. The second kappa shape index (κ2) is 7.42. The molecule has 0 fully saturated rings. The van der Waals surface area contributed by atoms with Gasteiger partial charge in [-0.25, -0.2) is 9.97 Å². The third kappa shape index (κ3) is 2.86. The van der Waals surface area contributed by atoms with Crippen LogP contribution in [0.25, 0.3) is 61.2 Å². The van der Waals surface area contributed by atoms with Gasteiger partial charge in [-0.3, -0.25) is 4.57 Å². The first-order chi connectivity index (χ1) is 16.9. The van der Waals surface area contributed by atoms with Gasteiger partial charge in [-0.1, -0.05) is 78.9 Å². The molecule has 0 saturated carbocycles. The highest BCUT2D eigenvalue weighted by Crippen LogP contribution is 2.37. The summed E-state index contributed by atoms with van der Waals surface area (Å²) in [5.41, 5.74) is 5.95. The maximum absolute atomic E-state index is 5.93. The van der Waals surface area contributed by atoms with Crippen LogP contribution in [-0.2, 0) is 0 Å². The number of hydrogen-bond donors (Lipinski definition) is 0. The van der Waals surface area contributed by atoms with Crippen LogP contribution in [0.1, 0.15) is 0 Å². The summed E-state index contributed by atoms with van der Waals surface area (Å²) in [6.07, 6.45) is 1.75. The van der Waals surface area contributed by atoms with Crippen LogP contribution in [0.3, 0.4) is 0 Å². The van der Waals surface area contributed by atoms with Gasteiger partial charge in [0.2, 0.25) is 0 Å². The number of furan rings is 1. The van der Waals surface area contributed by atoms with Crippen molar-refractivity contribution in [2.75, 3.05) is 0 Å². The lowest BCUT2D eigenvalue weighted by Gasteiger charge is -2.12. The highest BCUT2D eigenvalue weighted by molar-refractivity contribution is 6.19. The van der Waals surface area contributed by atoms with Crippen molar-refractivity contribution in [2.24, 2.45) is 0 Å². The van der Waals surface area contributed by atoms with E-state index in [1.807, 2.05) is 54.6 Å². The van der Waals surface area contributed by atoms with Gasteiger partial charge in [0, 0.05) is 28.0 Å². The number of para-hydroxylation sites is 1. The molecule has 0 unspecified atom stereocenters. The molecule has 0 radical (unpaired) electrons. The molecule has 7 aromatic rings. The van der Waals surface area contributed by atoms with Gasteiger partial charge in [-0.2, -0.15) is 0 Å². The third-order valence-corrected chi connectivity index (χ3v) is 6.30. The summed E-state index contributed by atoms with van der Waals surface area (Å²) in [6, 6.07) is 37.1. The number of nitrogens with zero attached hydrogens (tertiary/aromatic N) is 3. The summed E-state index contributed by atoms with van der Waals surface area (Å²) in [5.74, 6) is 1.52. The summed E-state index contributed by atoms with van der Waals surface area (Å²) in [4.78, 5) is 10.0. The van der Waals surface area contributed by atoms with Crippen LogP contribution in [0.4, 0.5) is 0 Å². The lowest BCUT2D eigenvalue weighted by molar-refractivity contribution is 0.619. The van der Waals surface area contributed by atoms with E-state index in [9.17, 15) is 0 Å². The van der Waals surface area contributed by atoms with Crippen LogP contribution in [-0.4, -0.2) is 14.5 Å². The lowest BCUT2D eigenvalue weighted by atomic mass is 10.1. The van der Waals surface area contributed by atoms with Gasteiger partial charge in [0.05, 0.1) is 28.4 Å². The van der Waals surface area contributed by atoms with E-state index >= 15 is 0 Å². The van der Waals surface area contributed by atoms with E-state index in [2.05, 4.69) is 59.2 Å². The van der Waals surface area contributed by atoms with E-state index in [-0.39, 0.29) is 0 Å². The predicted octanol–water partition coefficient (Wildman–Crippen LogP) is 7.65. The van der Waals surface area contributed by atoms with E-state index in [0.29, 0.717) is 5.82 Å². The molecule has 0 amide bonds. The Morgan fingerprint density at radius 3 is 2.18 bits per heavy atom. The second-order valence-corrected chi connectivity index (χ2v) is 8.32. The minimum absolute atomic E-state index is 0.696. The molecule has 7 rings (SSSR count). The Hall–Kier alpha value is -4.70. The molecule has 34 heavy (non-hydrogen) atoms. The van der Waals surface area contributed by atoms with Crippen LogP contribution < -0.4 is 0 Å². The standard InChI is InChI=1S/C30H19N3O/c1-3-9-20(10-4-1)24-19-27(32-30(31-24)22-11-5-2-6-12-22)33-25-14-8-7-13-23(25)28-26(33)16-15-21-17-18-34-29(21)28/h1-19H. The van der Waals surface area contributed by atoms with E-state index in [0.717, 1.165) is 55.4 Å². The Morgan fingerprint density at radius 2 is 1.35 bits per heavy atom. The Morgan fingerprint density at radius 1 is 0.618 bits per heavy atom. The van der Waals surface area contributed by atoms with Gasteiger partial charge in [0.25, 0.3) is 0 Å². The van der Waals surface area contributed by atoms with Crippen LogP contribution in [0.2, 0.25) is 0 Å². The number of rotatable bonds is 3. The van der Waals surface area contributed by atoms with Crippen molar-refractivity contribution in [2.45, 2.75) is 0 Å². The highest BCUT2D eigenvalue weighted by Gasteiger charge is 2.18. The summed E-state index contributed by atoms with van der Waals surface area (Å²) in [5, 5.41) is 3.33. The van der Waals surface area contributed by atoms with E-state index < -0.39 is 0 Å². The van der Waals surface area contributed by atoms with E-state index in [4.69, 9.17) is 14.4 Å². The lowest BCUT2D eigenvalue weighted by Crippen LogP contribution is -2.02. The molecule has 0 spiro atoms. The average Bonchev–Trinajstić information content (AvgIpc) is 3.52. The molecule has 0 aliphatic carbocycles. The molecule has 0 bridgehead atoms. The summed E-state index contributed by atoms with van der Waals surface area (Å²) < 4.78 is 8.14. The second-order valence-electron chi connectivity index (χ2n) is 8.32. The fraction of sp³-hybridized carbons (Fsp3) is 0. The zero-order valence-corrected chi connectivity index (χ0v) is 18.2. The Labute approximate surface area is 195 Å². The number of fused-ring (bicyclic) bond motifs is 5. The SMILES string of the molecule is c1ccc(-c2cc(-n3c4ccccc4c4c5occc5ccc43)nc(-c3ccccc3)n2)cc1. The Kier molecular flexibility index (Phi) is 4.11. The molecule has 0 saturated heterocycles. The largest absolute Gasteiger partial charge is 0.464 e. The van der Waals surface area contributed by atoms with Gasteiger partial charge in [0.15, 0.2) is 5.82 Å². The monoisotopic (exact) mass is 437 g/mol. The molecule has 0 N–H and O–H groups in total. The zero-order valence-electron chi connectivity index (χ0n) is 18.2. The molecule has 4 heteroatoms. The quantitative estimate of drug-likeness (QED) is 0.285. The average molecular weight is 438 g/mol. The molecular weight excluding hydrogens is 418 g/mol. The maximum Gasteiger partial charge on any atom is 0.162 e. The smallest absolute Gasteiger partial charge is 0.162 e. The molecule has 3 heterocycles. The minimum atomic E-state index is 0.696. The van der Waals surface area contributed by atoms with Crippen molar-refractivity contribution in [3.63, 3.8) is 0 Å². The zero-order chi connectivity index (χ0) is 22.5. The van der Waals surface area contributed by atoms with Gasteiger partial charge in [0.1, 0.15) is 11.4 Å². The van der Waals surface area contributed by atoms with Crippen LogP contribution in [0.5, 0.6) is 0 Å². The highest BCUT2D eigenvalue weighted by atomic mass is 16.3. The van der Waals surface area contributed by atoms with Crippen molar-refractivity contribution in [3.8, 4) is 28.5 Å². The first-order valence-corrected chi connectivity index (χ1v) is 11.3. The normalized spacial score (nSPS) is 11.5. The van der Waals surface area contributed by atoms with Crippen LogP contribution >= 0.6 is 0 Å². The molecule has 4 nitrogen and oxygen atoms in total. The molecular formula is C30H19N3O. The first-order valence-electron chi connectivity index (χ1n) is 11.3. The third-order valence-electron chi connectivity index (χ3n) is 6.30. The molecule has 3 aromatic heterocycles. The van der Waals surface area contributed by atoms with Gasteiger partial charge in [-0.05, 0) is 24.3 Å². The van der Waals surface area contributed by atoms with Crippen molar-refractivity contribution < 1.29 is 4.42 Å².